The molecule has 0 aliphatic carbocycles. The normalized spacial score (nSPS) is 12.1. The zero-order chi connectivity index (χ0) is 20.7. The van der Waals surface area contributed by atoms with Gasteiger partial charge in [0.2, 0.25) is 15.8 Å². The van der Waals surface area contributed by atoms with Crippen molar-refractivity contribution in [1.29, 1.82) is 0 Å². The molecule has 150 valence electrons. The number of anilines is 1. The van der Waals surface area contributed by atoms with Crippen molar-refractivity contribution in [2.24, 2.45) is 0 Å². The first kappa shape index (κ1) is 21.4. The van der Waals surface area contributed by atoms with Crippen LogP contribution in [0.15, 0.2) is 48.5 Å². The molecule has 7 nitrogen and oxygen atoms in total. The van der Waals surface area contributed by atoms with E-state index in [0.717, 1.165) is 11.8 Å². The summed E-state index contributed by atoms with van der Waals surface area (Å²) in [6.07, 6.45) is 0.0966. The molecule has 0 unspecified atom stereocenters. The van der Waals surface area contributed by atoms with Crippen LogP contribution in [0.2, 0.25) is 0 Å². The van der Waals surface area contributed by atoms with Crippen LogP contribution in [0.4, 0.5) is 5.69 Å². The van der Waals surface area contributed by atoms with Gasteiger partial charge >= 0.3 is 5.97 Å². The predicted octanol–water partition coefficient (Wildman–Crippen LogP) is 2.95. The number of sulfonamides is 1. The van der Waals surface area contributed by atoms with Gasteiger partial charge in [-0.15, -0.1) is 0 Å². The van der Waals surface area contributed by atoms with Crippen LogP contribution in [-0.4, -0.2) is 39.1 Å². The molecule has 28 heavy (non-hydrogen) atoms. The van der Waals surface area contributed by atoms with Gasteiger partial charge in [-0.25, -0.2) is 8.42 Å². The van der Waals surface area contributed by atoms with Crippen LogP contribution in [-0.2, 0) is 19.6 Å². The molecule has 0 aliphatic heterocycles. The molecule has 0 spiro atoms. The number of rotatable bonds is 9. The standard InChI is InChI=1S/C20H23NO6S/c1-14-4-10-18(11-5-14)26-13-12-19(22)27-15(2)20(23)16-6-8-17(9-7-16)21-28(3,24)25/h4-11,15,21H,12-13H2,1-3H3/t15-/m1/s1. The Morgan fingerprint density at radius 1 is 1.04 bits per heavy atom. The van der Waals surface area contributed by atoms with E-state index >= 15 is 0 Å². The van der Waals surface area contributed by atoms with E-state index in [1.807, 2.05) is 31.2 Å². The highest BCUT2D eigenvalue weighted by molar-refractivity contribution is 7.92. The molecule has 8 heteroatoms. The molecule has 1 atom stereocenters. The van der Waals surface area contributed by atoms with Crippen LogP contribution in [0.3, 0.4) is 0 Å². The fraction of sp³-hybridized carbons (Fsp3) is 0.300. The van der Waals surface area contributed by atoms with E-state index in [-0.39, 0.29) is 18.8 Å². The maximum atomic E-state index is 12.4. The van der Waals surface area contributed by atoms with Crippen LogP contribution in [0.5, 0.6) is 5.75 Å². The van der Waals surface area contributed by atoms with E-state index in [9.17, 15) is 18.0 Å². The van der Waals surface area contributed by atoms with Crippen molar-refractivity contribution < 1.29 is 27.5 Å². The van der Waals surface area contributed by atoms with Crippen molar-refractivity contribution in [3.8, 4) is 5.75 Å². The minimum absolute atomic E-state index is 0.0166. The molecule has 0 saturated heterocycles. The Morgan fingerprint density at radius 3 is 2.21 bits per heavy atom. The predicted molar refractivity (Wildman–Crippen MR) is 106 cm³/mol. The second-order valence-corrected chi connectivity index (χ2v) is 8.11. The number of carbonyl (C=O) groups is 2. The quantitative estimate of drug-likeness (QED) is 0.509. The summed E-state index contributed by atoms with van der Waals surface area (Å²) in [5.74, 6) is -0.257. The Bertz CT molecular complexity index is 920. The van der Waals surface area contributed by atoms with Gasteiger partial charge in [-0.05, 0) is 50.2 Å². The highest BCUT2D eigenvalue weighted by Crippen LogP contribution is 2.14. The van der Waals surface area contributed by atoms with Gasteiger partial charge in [0.15, 0.2) is 6.10 Å². The Morgan fingerprint density at radius 2 is 1.64 bits per heavy atom. The van der Waals surface area contributed by atoms with Gasteiger partial charge in [-0.2, -0.15) is 0 Å². The topological polar surface area (TPSA) is 98.8 Å². The molecule has 0 radical (unpaired) electrons. The van der Waals surface area contributed by atoms with Crippen LogP contribution in [0, 0.1) is 6.92 Å². The number of benzene rings is 2. The summed E-state index contributed by atoms with van der Waals surface area (Å²) in [4.78, 5) is 24.3. The Kier molecular flexibility index (Phi) is 7.17. The number of ketones is 1. The van der Waals surface area contributed by atoms with Crippen molar-refractivity contribution in [2.45, 2.75) is 26.4 Å². The van der Waals surface area contributed by atoms with E-state index in [4.69, 9.17) is 9.47 Å². The second kappa shape index (κ2) is 9.36. The van der Waals surface area contributed by atoms with Gasteiger partial charge in [-0.1, -0.05) is 17.7 Å². The fourth-order valence-corrected chi connectivity index (χ4v) is 2.91. The highest BCUT2D eigenvalue weighted by Gasteiger charge is 2.19. The number of carbonyl (C=O) groups excluding carboxylic acids is 2. The average molecular weight is 405 g/mol. The van der Waals surface area contributed by atoms with Crippen molar-refractivity contribution >= 4 is 27.5 Å². The first-order valence-corrected chi connectivity index (χ1v) is 10.5. The number of nitrogens with one attached hydrogen (secondary N) is 1. The number of Topliss-reactive ketones (excluding diaryl/α,β-unsaturated/α-hetero) is 1. The van der Waals surface area contributed by atoms with Crippen LogP contribution < -0.4 is 9.46 Å². The van der Waals surface area contributed by atoms with Crippen LogP contribution >= 0.6 is 0 Å². The summed E-state index contributed by atoms with van der Waals surface area (Å²) < 4.78 is 35.3. The molecule has 0 amide bonds. The van der Waals surface area contributed by atoms with E-state index in [2.05, 4.69) is 4.72 Å². The lowest BCUT2D eigenvalue weighted by Crippen LogP contribution is -2.25. The zero-order valence-corrected chi connectivity index (χ0v) is 16.8. The zero-order valence-electron chi connectivity index (χ0n) is 16.0. The molecule has 2 rings (SSSR count). The fourth-order valence-electron chi connectivity index (χ4n) is 2.35. The van der Waals surface area contributed by atoms with Crippen molar-refractivity contribution in [2.75, 3.05) is 17.6 Å². The Balaban J connectivity index is 1.82. The number of ether oxygens (including phenoxy) is 2. The molecule has 2 aromatic rings. The molecule has 0 aliphatic rings. The number of hydrogen-bond acceptors (Lipinski definition) is 6. The molecular weight excluding hydrogens is 382 g/mol. The van der Waals surface area contributed by atoms with Crippen LogP contribution in [0.1, 0.15) is 29.3 Å². The van der Waals surface area contributed by atoms with Gasteiger partial charge in [0, 0.05) is 11.3 Å². The summed E-state index contributed by atoms with van der Waals surface area (Å²) in [5.41, 5.74) is 1.77. The number of esters is 1. The monoisotopic (exact) mass is 405 g/mol. The molecule has 0 aromatic heterocycles. The lowest BCUT2D eigenvalue weighted by molar-refractivity contribution is -0.146. The minimum atomic E-state index is -3.39. The summed E-state index contributed by atoms with van der Waals surface area (Å²) in [7, 11) is -3.39. The summed E-state index contributed by atoms with van der Waals surface area (Å²) in [5, 5.41) is 0. The van der Waals surface area contributed by atoms with Crippen LogP contribution in [0.25, 0.3) is 0 Å². The molecule has 0 fully saturated rings. The third-order valence-corrected chi connectivity index (χ3v) is 4.35. The van der Waals surface area contributed by atoms with E-state index in [1.54, 1.807) is 0 Å². The maximum Gasteiger partial charge on any atom is 0.309 e. The molecule has 1 N–H and O–H groups in total. The van der Waals surface area contributed by atoms with E-state index in [0.29, 0.717) is 17.0 Å². The number of hydrogen-bond donors (Lipinski definition) is 1. The van der Waals surface area contributed by atoms with Gasteiger partial charge in [0.05, 0.1) is 19.3 Å². The SMILES string of the molecule is Cc1ccc(OCCC(=O)O[C@H](C)C(=O)c2ccc(NS(C)(=O)=O)cc2)cc1. The lowest BCUT2D eigenvalue weighted by atomic mass is 10.1. The van der Waals surface area contributed by atoms with Gasteiger partial charge in [0.1, 0.15) is 5.75 Å². The van der Waals surface area contributed by atoms with Gasteiger partial charge < -0.3 is 9.47 Å². The third-order valence-electron chi connectivity index (χ3n) is 3.75. The Labute approximate surface area is 164 Å². The van der Waals surface area contributed by atoms with E-state index in [1.165, 1.54) is 31.2 Å². The number of aryl methyl sites for hydroxylation is 1. The largest absolute Gasteiger partial charge is 0.493 e. The molecule has 0 saturated carbocycles. The first-order chi connectivity index (χ1) is 13.1. The molecule has 0 heterocycles. The van der Waals surface area contributed by atoms with Crippen molar-refractivity contribution in [3.05, 3.63) is 59.7 Å². The first-order valence-electron chi connectivity index (χ1n) is 8.65. The second-order valence-electron chi connectivity index (χ2n) is 6.36. The third kappa shape index (κ3) is 7.03. The average Bonchev–Trinajstić information content (AvgIpc) is 2.62. The maximum absolute atomic E-state index is 12.4. The summed E-state index contributed by atoms with van der Waals surface area (Å²) >= 11 is 0. The lowest BCUT2D eigenvalue weighted by Gasteiger charge is -2.13. The summed E-state index contributed by atoms with van der Waals surface area (Å²) in [6.45, 7) is 3.60. The smallest absolute Gasteiger partial charge is 0.309 e. The minimum Gasteiger partial charge on any atom is -0.493 e. The molecule has 2 aromatic carbocycles. The molecule has 0 bridgehead atoms. The summed E-state index contributed by atoms with van der Waals surface area (Å²) in [6, 6.07) is 13.3. The van der Waals surface area contributed by atoms with Gasteiger partial charge in [0.25, 0.3) is 0 Å². The highest BCUT2D eigenvalue weighted by atomic mass is 32.2. The van der Waals surface area contributed by atoms with Gasteiger partial charge in [-0.3, -0.25) is 14.3 Å². The van der Waals surface area contributed by atoms with Crippen molar-refractivity contribution in [3.63, 3.8) is 0 Å². The van der Waals surface area contributed by atoms with Crippen molar-refractivity contribution in [1.82, 2.24) is 0 Å². The van der Waals surface area contributed by atoms with E-state index < -0.39 is 22.1 Å². The Hall–Kier alpha value is -2.87. The molecular formula is C20H23NO6S.